The van der Waals surface area contributed by atoms with Crippen molar-refractivity contribution in [3.8, 4) is 5.82 Å². The molecular formula is C18H25N5O2. The smallest absolute Gasteiger partial charge is 0.317 e. The van der Waals surface area contributed by atoms with Crippen LogP contribution in [0.5, 0.6) is 0 Å². The van der Waals surface area contributed by atoms with Crippen LogP contribution >= 0.6 is 0 Å². The minimum Gasteiger partial charge on any atom is -0.372 e. The Morgan fingerprint density at radius 3 is 2.92 bits per heavy atom. The molecule has 2 aromatic heterocycles. The summed E-state index contributed by atoms with van der Waals surface area (Å²) in [4.78, 5) is 23.1. The monoisotopic (exact) mass is 343 g/mol. The molecule has 134 valence electrons. The van der Waals surface area contributed by atoms with Gasteiger partial charge < -0.3 is 15.0 Å². The lowest BCUT2D eigenvalue weighted by Crippen LogP contribution is -2.52. The number of ether oxygens (including phenoxy) is 1. The molecule has 0 spiro atoms. The lowest BCUT2D eigenvalue weighted by atomic mass is 10.2. The number of urea groups is 1. The molecule has 7 heteroatoms. The number of pyridine rings is 1. The Balaban J connectivity index is 1.68. The zero-order valence-electron chi connectivity index (χ0n) is 15.0. The SMILES string of the molecule is CCC1CN(C(=O)NCc2cccnc2-n2ccnc2C)CC(C)O1. The molecule has 2 unspecified atom stereocenters. The average Bonchev–Trinajstić information content (AvgIpc) is 3.05. The van der Waals surface area contributed by atoms with Crippen LogP contribution in [0.25, 0.3) is 5.82 Å². The van der Waals surface area contributed by atoms with Gasteiger partial charge in [0.15, 0.2) is 0 Å². The quantitative estimate of drug-likeness (QED) is 0.924. The number of hydrogen-bond acceptors (Lipinski definition) is 4. The van der Waals surface area contributed by atoms with Crippen molar-refractivity contribution in [2.45, 2.75) is 45.9 Å². The fourth-order valence-electron chi connectivity index (χ4n) is 3.11. The van der Waals surface area contributed by atoms with E-state index in [0.29, 0.717) is 19.6 Å². The summed E-state index contributed by atoms with van der Waals surface area (Å²) in [5.74, 6) is 1.65. The Hall–Kier alpha value is -2.41. The Morgan fingerprint density at radius 1 is 1.36 bits per heavy atom. The number of carbonyl (C=O) groups excluding carboxylic acids is 1. The summed E-state index contributed by atoms with van der Waals surface area (Å²) in [6, 6.07) is 3.78. The second-order valence-corrected chi connectivity index (χ2v) is 6.37. The second-order valence-electron chi connectivity index (χ2n) is 6.37. The number of imidazole rings is 1. The number of morpholine rings is 1. The van der Waals surface area contributed by atoms with Gasteiger partial charge in [0.1, 0.15) is 11.6 Å². The fourth-order valence-corrected chi connectivity index (χ4v) is 3.11. The maximum Gasteiger partial charge on any atom is 0.317 e. The van der Waals surface area contributed by atoms with Crippen LogP contribution in [0, 0.1) is 6.92 Å². The van der Waals surface area contributed by atoms with Gasteiger partial charge in [-0.25, -0.2) is 14.8 Å². The molecule has 3 heterocycles. The highest BCUT2D eigenvalue weighted by Gasteiger charge is 2.27. The Kier molecular flexibility index (Phi) is 5.33. The maximum absolute atomic E-state index is 12.6. The van der Waals surface area contributed by atoms with Gasteiger partial charge in [-0.2, -0.15) is 0 Å². The van der Waals surface area contributed by atoms with Gasteiger partial charge in [-0.1, -0.05) is 13.0 Å². The average molecular weight is 343 g/mol. The lowest BCUT2D eigenvalue weighted by molar-refractivity contribution is -0.0646. The molecule has 1 fully saturated rings. The number of nitrogens with one attached hydrogen (secondary N) is 1. The van der Waals surface area contributed by atoms with Crippen LogP contribution in [0.3, 0.4) is 0 Å². The number of aromatic nitrogens is 3. The molecule has 1 saturated heterocycles. The summed E-state index contributed by atoms with van der Waals surface area (Å²) >= 11 is 0. The number of carbonyl (C=O) groups is 1. The number of aryl methyl sites for hydroxylation is 1. The van der Waals surface area contributed by atoms with Gasteiger partial charge in [0, 0.05) is 43.8 Å². The third kappa shape index (κ3) is 3.99. The predicted molar refractivity (Wildman–Crippen MR) is 94.5 cm³/mol. The van der Waals surface area contributed by atoms with E-state index in [2.05, 4.69) is 22.2 Å². The molecule has 0 radical (unpaired) electrons. The van der Waals surface area contributed by atoms with Crippen LogP contribution in [0.1, 0.15) is 31.7 Å². The lowest BCUT2D eigenvalue weighted by Gasteiger charge is -2.36. The predicted octanol–water partition coefficient (Wildman–Crippen LogP) is 2.28. The van der Waals surface area contributed by atoms with E-state index in [1.165, 1.54) is 0 Å². The Morgan fingerprint density at radius 2 is 2.20 bits per heavy atom. The molecule has 1 aliphatic heterocycles. The van der Waals surface area contributed by atoms with Crippen LogP contribution < -0.4 is 5.32 Å². The molecule has 0 aromatic carbocycles. The molecule has 25 heavy (non-hydrogen) atoms. The van der Waals surface area contributed by atoms with E-state index >= 15 is 0 Å². The first-order valence-electron chi connectivity index (χ1n) is 8.71. The molecule has 2 amide bonds. The first kappa shape index (κ1) is 17.4. The van der Waals surface area contributed by atoms with Gasteiger partial charge in [-0.15, -0.1) is 0 Å². The summed E-state index contributed by atoms with van der Waals surface area (Å²) in [7, 11) is 0. The van der Waals surface area contributed by atoms with Crippen LogP contribution in [-0.4, -0.2) is 50.8 Å². The van der Waals surface area contributed by atoms with Gasteiger partial charge in [-0.3, -0.25) is 4.57 Å². The van der Waals surface area contributed by atoms with Gasteiger partial charge in [0.25, 0.3) is 0 Å². The van der Waals surface area contributed by atoms with E-state index in [4.69, 9.17) is 4.74 Å². The first-order valence-corrected chi connectivity index (χ1v) is 8.71. The summed E-state index contributed by atoms with van der Waals surface area (Å²) in [6.07, 6.45) is 6.44. The minimum absolute atomic E-state index is 0.0620. The topological polar surface area (TPSA) is 72.3 Å². The number of amides is 2. The Labute approximate surface area is 148 Å². The molecule has 7 nitrogen and oxygen atoms in total. The number of hydrogen-bond donors (Lipinski definition) is 1. The highest BCUT2D eigenvalue weighted by atomic mass is 16.5. The zero-order chi connectivity index (χ0) is 17.8. The van der Waals surface area contributed by atoms with Crippen molar-refractivity contribution in [2.24, 2.45) is 0 Å². The van der Waals surface area contributed by atoms with E-state index in [9.17, 15) is 4.79 Å². The molecule has 2 atom stereocenters. The van der Waals surface area contributed by atoms with Gasteiger partial charge in [0.2, 0.25) is 0 Å². The maximum atomic E-state index is 12.6. The molecule has 0 saturated carbocycles. The standard InChI is InChI=1S/C18H25N5O2/c1-4-16-12-22(11-13(2)25-16)18(24)21-10-15-6-5-7-20-17(15)23-9-8-19-14(23)3/h5-9,13,16H,4,10-12H2,1-3H3,(H,21,24). The summed E-state index contributed by atoms with van der Waals surface area (Å²) in [5.41, 5.74) is 0.949. The first-order chi connectivity index (χ1) is 12.1. The normalized spacial score (nSPS) is 20.5. The number of nitrogens with zero attached hydrogens (tertiary/aromatic N) is 4. The molecule has 0 bridgehead atoms. The van der Waals surface area contributed by atoms with Crippen molar-refractivity contribution >= 4 is 6.03 Å². The van der Waals surface area contributed by atoms with Gasteiger partial charge in [-0.05, 0) is 26.3 Å². The highest BCUT2D eigenvalue weighted by Crippen LogP contribution is 2.15. The molecule has 2 aromatic rings. The van der Waals surface area contributed by atoms with Crippen LogP contribution in [0.4, 0.5) is 4.79 Å². The van der Waals surface area contributed by atoms with E-state index in [0.717, 1.165) is 23.6 Å². The van der Waals surface area contributed by atoms with Crippen molar-refractivity contribution in [3.05, 3.63) is 42.1 Å². The van der Waals surface area contributed by atoms with E-state index in [1.807, 2.05) is 41.6 Å². The molecule has 1 aliphatic rings. The van der Waals surface area contributed by atoms with E-state index in [-0.39, 0.29) is 18.2 Å². The van der Waals surface area contributed by atoms with Crippen molar-refractivity contribution in [1.29, 1.82) is 0 Å². The fraction of sp³-hybridized carbons (Fsp3) is 0.500. The van der Waals surface area contributed by atoms with Crippen LogP contribution in [0.15, 0.2) is 30.7 Å². The highest BCUT2D eigenvalue weighted by molar-refractivity contribution is 5.74. The molecule has 0 aliphatic carbocycles. The van der Waals surface area contributed by atoms with Crippen molar-refractivity contribution in [1.82, 2.24) is 24.8 Å². The van der Waals surface area contributed by atoms with Gasteiger partial charge >= 0.3 is 6.03 Å². The largest absolute Gasteiger partial charge is 0.372 e. The van der Waals surface area contributed by atoms with E-state index in [1.54, 1.807) is 12.4 Å². The molecule has 3 rings (SSSR count). The Bertz CT molecular complexity index is 730. The van der Waals surface area contributed by atoms with E-state index < -0.39 is 0 Å². The van der Waals surface area contributed by atoms with Gasteiger partial charge in [0.05, 0.1) is 12.2 Å². The second kappa shape index (κ2) is 7.65. The van der Waals surface area contributed by atoms with Crippen molar-refractivity contribution in [2.75, 3.05) is 13.1 Å². The third-order valence-corrected chi connectivity index (χ3v) is 4.42. The van der Waals surface area contributed by atoms with Crippen LogP contribution in [0.2, 0.25) is 0 Å². The van der Waals surface area contributed by atoms with Crippen molar-refractivity contribution < 1.29 is 9.53 Å². The van der Waals surface area contributed by atoms with Crippen molar-refractivity contribution in [3.63, 3.8) is 0 Å². The molecular weight excluding hydrogens is 318 g/mol. The zero-order valence-corrected chi connectivity index (χ0v) is 15.0. The minimum atomic E-state index is -0.0641. The van der Waals surface area contributed by atoms with Crippen LogP contribution in [-0.2, 0) is 11.3 Å². The number of rotatable bonds is 4. The third-order valence-electron chi connectivity index (χ3n) is 4.42. The summed E-state index contributed by atoms with van der Waals surface area (Å²) in [5, 5.41) is 3.01. The molecule has 1 N–H and O–H groups in total. The summed E-state index contributed by atoms with van der Waals surface area (Å²) in [6.45, 7) is 7.67. The summed E-state index contributed by atoms with van der Waals surface area (Å²) < 4.78 is 7.74.